The van der Waals surface area contributed by atoms with Gasteiger partial charge in [-0.1, -0.05) is 30.3 Å². The number of ether oxygens (including phenoxy) is 1. The van der Waals surface area contributed by atoms with E-state index in [4.69, 9.17) is 4.74 Å². The van der Waals surface area contributed by atoms with Crippen molar-refractivity contribution in [3.05, 3.63) is 35.9 Å². The summed E-state index contributed by atoms with van der Waals surface area (Å²) in [5, 5.41) is 13.1. The van der Waals surface area contributed by atoms with E-state index < -0.39 is 5.60 Å². The maximum absolute atomic E-state index is 11.6. The van der Waals surface area contributed by atoms with E-state index in [2.05, 4.69) is 5.32 Å². The van der Waals surface area contributed by atoms with Crippen LogP contribution in [0.3, 0.4) is 0 Å². The first-order chi connectivity index (χ1) is 9.06. The molecule has 4 heteroatoms. The molecular weight excluding hydrogens is 242 g/mol. The maximum atomic E-state index is 11.6. The van der Waals surface area contributed by atoms with Crippen LogP contribution in [-0.4, -0.2) is 30.8 Å². The number of benzene rings is 1. The molecule has 0 saturated carbocycles. The van der Waals surface area contributed by atoms with Gasteiger partial charge in [0.15, 0.2) is 0 Å². The molecule has 0 heterocycles. The van der Waals surface area contributed by atoms with Gasteiger partial charge in [-0.15, -0.1) is 0 Å². The molecule has 0 aliphatic heterocycles. The summed E-state index contributed by atoms with van der Waals surface area (Å²) in [5.41, 5.74) is -0.249. The van der Waals surface area contributed by atoms with Gasteiger partial charge in [0.25, 0.3) is 0 Å². The molecule has 2 N–H and O–H groups in total. The molecule has 1 aromatic carbocycles. The summed E-state index contributed by atoms with van der Waals surface area (Å²) in [6.07, 6.45) is 1.12. The third-order valence-corrected chi connectivity index (χ3v) is 2.92. The molecule has 1 unspecified atom stereocenters. The van der Waals surface area contributed by atoms with Gasteiger partial charge in [-0.05, 0) is 25.8 Å². The maximum Gasteiger partial charge on any atom is 0.220 e. The number of hydrogen-bond donors (Lipinski definition) is 2. The second-order valence-electron chi connectivity index (χ2n) is 4.72. The summed E-state index contributed by atoms with van der Waals surface area (Å²) >= 11 is 0. The molecule has 19 heavy (non-hydrogen) atoms. The average molecular weight is 265 g/mol. The second kappa shape index (κ2) is 7.92. The summed E-state index contributed by atoms with van der Waals surface area (Å²) in [6.45, 7) is 5.10. The predicted molar refractivity (Wildman–Crippen MR) is 74.7 cm³/mol. The van der Waals surface area contributed by atoms with Gasteiger partial charge < -0.3 is 15.2 Å². The van der Waals surface area contributed by atoms with E-state index >= 15 is 0 Å². The summed E-state index contributed by atoms with van der Waals surface area (Å²) in [6, 6.07) is 9.33. The Labute approximate surface area is 114 Å². The molecule has 0 saturated heterocycles. The van der Waals surface area contributed by atoms with Gasteiger partial charge in [0.05, 0.1) is 6.54 Å². The lowest BCUT2D eigenvalue weighted by Crippen LogP contribution is -2.38. The van der Waals surface area contributed by atoms with E-state index in [0.29, 0.717) is 26.1 Å². The first kappa shape index (κ1) is 15.7. The van der Waals surface area contributed by atoms with E-state index in [1.807, 2.05) is 37.3 Å². The van der Waals surface area contributed by atoms with Crippen LogP contribution >= 0.6 is 0 Å². The third-order valence-electron chi connectivity index (χ3n) is 2.92. The first-order valence-electron chi connectivity index (χ1n) is 6.68. The van der Waals surface area contributed by atoms with Gasteiger partial charge in [-0.25, -0.2) is 0 Å². The van der Waals surface area contributed by atoms with Crippen molar-refractivity contribution in [3.8, 4) is 0 Å². The standard InChI is InChI=1S/C15H23NO3/c1-3-19-11-7-10-14(17)16-12-15(2,18)13-8-5-4-6-9-13/h4-6,8-9,18H,3,7,10-12H2,1-2H3,(H,16,17). The number of carbonyl (C=O) groups excluding carboxylic acids is 1. The lowest BCUT2D eigenvalue weighted by atomic mass is 9.96. The van der Waals surface area contributed by atoms with Crippen LogP contribution in [0.15, 0.2) is 30.3 Å². The zero-order valence-corrected chi connectivity index (χ0v) is 11.7. The summed E-state index contributed by atoms with van der Waals surface area (Å²) in [5.74, 6) is -0.0593. The second-order valence-corrected chi connectivity index (χ2v) is 4.72. The fourth-order valence-corrected chi connectivity index (χ4v) is 1.74. The highest BCUT2D eigenvalue weighted by molar-refractivity contribution is 5.75. The molecule has 4 nitrogen and oxygen atoms in total. The van der Waals surface area contributed by atoms with Gasteiger partial charge in [0.2, 0.25) is 5.91 Å². The van der Waals surface area contributed by atoms with E-state index in [1.54, 1.807) is 6.92 Å². The van der Waals surface area contributed by atoms with Crippen LogP contribution in [0.4, 0.5) is 0 Å². The lowest BCUT2D eigenvalue weighted by Gasteiger charge is -2.24. The highest BCUT2D eigenvalue weighted by Crippen LogP contribution is 2.18. The lowest BCUT2D eigenvalue weighted by molar-refractivity contribution is -0.122. The molecule has 0 spiro atoms. The quantitative estimate of drug-likeness (QED) is 0.705. The van der Waals surface area contributed by atoms with Crippen molar-refractivity contribution in [2.24, 2.45) is 0 Å². The molecule has 1 aromatic rings. The zero-order valence-electron chi connectivity index (χ0n) is 11.7. The van der Waals surface area contributed by atoms with Crippen molar-refractivity contribution in [3.63, 3.8) is 0 Å². The van der Waals surface area contributed by atoms with Gasteiger partial charge in [0, 0.05) is 19.6 Å². The largest absolute Gasteiger partial charge is 0.384 e. The Morgan fingerprint density at radius 3 is 2.68 bits per heavy atom. The minimum absolute atomic E-state index is 0.0593. The zero-order chi connectivity index (χ0) is 14.1. The monoisotopic (exact) mass is 265 g/mol. The molecular formula is C15H23NO3. The summed E-state index contributed by atoms with van der Waals surface area (Å²) in [7, 11) is 0. The Balaban J connectivity index is 2.33. The first-order valence-corrected chi connectivity index (χ1v) is 6.68. The highest BCUT2D eigenvalue weighted by Gasteiger charge is 2.23. The van der Waals surface area contributed by atoms with Gasteiger partial charge in [-0.2, -0.15) is 0 Å². The van der Waals surface area contributed by atoms with E-state index in [-0.39, 0.29) is 12.5 Å². The normalized spacial score (nSPS) is 13.8. The Hall–Kier alpha value is -1.39. The number of amides is 1. The summed E-state index contributed by atoms with van der Waals surface area (Å²) in [4.78, 5) is 11.6. The molecule has 0 radical (unpaired) electrons. The number of aliphatic hydroxyl groups is 1. The van der Waals surface area contributed by atoms with Crippen LogP contribution < -0.4 is 5.32 Å². The van der Waals surface area contributed by atoms with Crippen LogP contribution in [-0.2, 0) is 15.1 Å². The SMILES string of the molecule is CCOCCCC(=O)NCC(C)(O)c1ccccc1. The number of carbonyl (C=O) groups is 1. The molecule has 1 amide bonds. The molecule has 0 aliphatic rings. The summed E-state index contributed by atoms with van der Waals surface area (Å²) < 4.78 is 5.17. The van der Waals surface area contributed by atoms with Crippen molar-refractivity contribution in [1.82, 2.24) is 5.32 Å². The topological polar surface area (TPSA) is 58.6 Å². The van der Waals surface area contributed by atoms with Crippen molar-refractivity contribution < 1.29 is 14.6 Å². The smallest absolute Gasteiger partial charge is 0.220 e. The number of hydrogen-bond acceptors (Lipinski definition) is 3. The van der Waals surface area contributed by atoms with Gasteiger partial charge in [-0.3, -0.25) is 4.79 Å². The van der Waals surface area contributed by atoms with E-state index in [1.165, 1.54) is 0 Å². The van der Waals surface area contributed by atoms with Crippen LogP contribution in [0.5, 0.6) is 0 Å². The molecule has 106 valence electrons. The van der Waals surface area contributed by atoms with Crippen LogP contribution in [0.25, 0.3) is 0 Å². The fourth-order valence-electron chi connectivity index (χ4n) is 1.74. The average Bonchev–Trinajstić information content (AvgIpc) is 2.42. The molecule has 0 bridgehead atoms. The Morgan fingerprint density at radius 2 is 2.05 bits per heavy atom. The molecule has 0 aliphatic carbocycles. The van der Waals surface area contributed by atoms with Crippen molar-refractivity contribution in [2.75, 3.05) is 19.8 Å². The van der Waals surface area contributed by atoms with Gasteiger partial charge >= 0.3 is 0 Å². The number of rotatable bonds is 8. The van der Waals surface area contributed by atoms with Crippen molar-refractivity contribution in [1.29, 1.82) is 0 Å². The molecule has 1 atom stereocenters. The Morgan fingerprint density at radius 1 is 1.37 bits per heavy atom. The van der Waals surface area contributed by atoms with Gasteiger partial charge in [0.1, 0.15) is 5.60 Å². The van der Waals surface area contributed by atoms with Crippen molar-refractivity contribution >= 4 is 5.91 Å². The Bertz CT molecular complexity index is 376. The third kappa shape index (κ3) is 5.85. The minimum Gasteiger partial charge on any atom is -0.384 e. The van der Waals surface area contributed by atoms with Crippen molar-refractivity contribution in [2.45, 2.75) is 32.3 Å². The van der Waals surface area contributed by atoms with Crippen LogP contribution in [0.1, 0.15) is 32.3 Å². The van der Waals surface area contributed by atoms with Crippen LogP contribution in [0.2, 0.25) is 0 Å². The highest BCUT2D eigenvalue weighted by atomic mass is 16.5. The molecule has 0 aromatic heterocycles. The van der Waals surface area contributed by atoms with E-state index in [9.17, 15) is 9.90 Å². The number of nitrogens with one attached hydrogen (secondary N) is 1. The Kier molecular flexibility index (Phi) is 6.53. The molecule has 0 fully saturated rings. The minimum atomic E-state index is -1.04. The van der Waals surface area contributed by atoms with Crippen LogP contribution in [0, 0.1) is 0 Å². The molecule has 1 rings (SSSR count). The predicted octanol–water partition coefficient (Wildman–Crippen LogP) is 1.83. The van der Waals surface area contributed by atoms with E-state index in [0.717, 1.165) is 5.56 Å². The fraction of sp³-hybridized carbons (Fsp3) is 0.533.